The maximum Gasteiger partial charge on any atom is 0.221 e. The van der Waals surface area contributed by atoms with E-state index in [1.54, 1.807) is 6.33 Å². The summed E-state index contributed by atoms with van der Waals surface area (Å²) in [5.41, 5.74) is 6.68. The third-order valence-corrected chi connectivity index (χ3v) is 3.18. The van der Waals surface area contributed by atoms with Crippen LogP contribution in [-0.4, -0.2) is 48.4 Å². The van der Waals surface area contributed by atoms with Crippen LogP contribution < -0.4 is 15.4 Å². The predicted molar refractivity (Wildman–Crippen MR) is 73.5 cm³/mol. The molecule has 0 saturated carbocycles. The summed E-state index contributed by atoms with van der Waals surface area (Å²) in [4.78, 5) is 10.8. The highest BCUT2D eigenvalue weighted by atomic mass is 16.5. The molecule has 2 N–H and O–H groups in total. The molecule has 2 unspecified atom stereocenters. The van der Waals surface area contributed by atoms with Crippen molar-refractivity contribution in [2.24, 2.45) is 5.73 Å². The zero-order valence-corrected chi connectivity index (χ0v) is 11.8. The average molecular weight is 266 g/mol. The SMILES string of the molecule is CCOc1ncnc(N2CC(C)OC(CN)C2)c1C. The summed E-state index contributed by atoms with van der Waals surface area (Å²) in [5.74, 6) is 1.56. The highest BCUT2D eigenvalue weighted by Crippen LogP contribution is 2.26. The fraction of sp³-hybridized carbons (Fsp3) is 0.692. The second-order valence-corrected chi connectivity index (χ2v) is 4.77. The Bertz CT molecular complexity index is 427. The van der Waals surface area contributed by atoms with Crippen LogP contribution in [0.3, 0.4) is 0 Å². The molecule has 0 amide bonds. The van der Waals surface area contributed by atoms with Crippen LogP contribution in [0.1, 0.15) is 19.4 Å². The van der Waals surface area contributed by atoms with Gasteiger partial charge in [0.2, 0.25) is 5.88 Å². The predicted octanol–water partition coefficient (Wildman–Crippen LogP) is 0.736. The fourth-order valence-electron chi connectivity index (χ4n) is 2.37. The molecule has 1 saturated heterocycles. The fourth-order valence-corrected chi connectivity index (χ4v) is 2.37. The maximum absolute atomic E-state index is 5.76. The summed E-state index contributed by atoms with van der Waals surface area (Å²) >= 11 is 0. The molecule has 0 aliphatic carbocycles. The van der Waals surface area contributed by atoms with E-state index >= 15 is 0 Å². The van der Waals surface area contributed by atoms with Crippen LogP contribution in [0.4, 0.5) is 5.82 Å². The van der Waals surface area contributed by atoms with E-state index in [-0.39, 0.29) is 12.2 Å². The van der Waals surface area contributed by atoms with Crippen LogP contribution in [-0.2, 0) is 4.74 Å². The van der Waals surface area contributed by atoms with Gasteiger partial charge in [0, 0.05) is 19.6 Å². The zero-order valence-electron chi connectivity index (χ0n) is 11.8. The van der Waals surface area contributed by atoms with Gasteiger partial charge in [0.25, 0.3) is 0 Å². The number of nitrogens with two attached hydrogens (primary N) is 1. The summed E-state index contributed by atoms with van der Waals surface area (Å²) in [6, 6.07) is 0. The number of morpholine rings is 1. The molecular formula is C13H22N4O2. The number of ether oxygens (including phenoxy) is 2. The van der Waals surface area contributed by atoms with Crippen LogP contribution in [0, 0.1) is 6.92 Å². The molecule has 1 aromatic heterocycles. The van der Waals surface area contributed by atoms with Crippen molar-refractivity contribution in [2.75, 3.05) is 31.1 Å². The number of rotatable bonds is 4. The van der Waals surface area contributed by atoms with Gasteiger partial charge in [0.15, 0.2) is 0 Å². The third-order valence-electron chi connectivity index (χ3n) is 3.18. The van der Waals surface area contributed by atoms with Gasteiger partial charge in [0.1, 0.15) is 12.1 Å². The Morgan fingerprint density at radius 3 is 2.95 bits per heavy atom. The van der Waals surface area contributed by atoms with Crippen LogP contribution in [0.25, 0.3) is 0 Å². The minimum Gasteiger partial charge on any atom is -0.478 e. The summed E-state index contributed by atoms with van der Waals surface area (Å²) in [7, 11) is 0. The standard InChI is InChI=1S/C13H22N4O2/c1-4-18-13-10(3)12(15-8-16-13)17-6-9(2)19-11(5-14)7-17/h8-9,11H,4-7,14H2,1-3H3. The topological polar surface area (TPSA) is 73.5 Å². The highest BCUT2D eigenvalue weighted by molar-refractivity contribution is 5.50. The van der Waals surface area contributed by atoms with E-state index in [0.717, 1.165) is 24.5 Å². The Hall–Kier alpha value is -1.40. The molecule has 0 bridgehead atoms. The lowest BCUT2D eigenvalue weighted by molar-refractivity contribution is -0.0107. The van der Waals surface area contributed by atoms with E-state index in [4.69, 9.17) is 15.2 Å². The molecule has 19 heavy (non-hydrogen) atoms. The molecule has 0 radical (unpaired) electrons. The Kier molecular flexibility index (Phi) is 4.55. The van der Waals surface area contributed by atoms with Crippen molar-refractivity contribution in [3.05, 3.63) is 11.9 Å². The lowest BCUT2D eigenvalue weighted by atomic mass is 10.2. The second-order valence-electron chi connectivity index (χ2n) is 4.77. The minimum absolute atomic E-state index is 0.0497. The molecule has 2 rings (SSSR count). The summed E-state index contributed by atoms with van der Waals surface area (Å²) in [6.07, 6.45) is 1.74. The lowest BCUT2D eigenvalue weighted by Gasteiger charge is -2.37. The molecule has 0 aromatic carbocycles. The van der Waals surface area contributed by atoms with E-state index in [0.29, 0.717) is 19.0 Å². The Morgan fingerprint density at radius 2 is 2.26 bits per heavy atom. The number of aromatic nitrogens is 2. The summed E-state index contributed by atoms with van der Waals surface area (Å²) in [5, 5.41) is 0. The van der Waals surface area contributed by atoms with Gasteiger partial charge >= 0.3 is 0 Å². The monoisotopic (exact) mass is 266 g/mol. The smallest absolute Gasteiger partial charge is 0.221 e. The molecule has 6 nitrogen and oxygen atoms in total. The zero-order chi connectivity index (χ0) is 13.8. The van der Waals surface area contributed by atoms with Gasteiger partial charge in [-0.2, -0.15) is 0 Å². The van der Waals surface area contributed by atoms with Gasteiger partial charge in [-0.05, 0) is 20.8 Å². The molecule has 1 aromatic rings. The molecule has 106 valence electrons. The first-order chi connectivity index (χ1) is 9.15. The number of hydrogen-bond donors (Lipinski definition) is 1. The first-order valence-corrected chi connectivity index (χ1v) is 6.70. The Balaban J connectivity index is 2.23. The maximum atomic E-state index is 5.76. The van der Waals surface area contributed by atoms with E-state index in [2.05, 4.69) is 21.8 Å². The Morgan fingerprint density at radius 1 is 1.47 bits per heavy atom. The number of anilines is 1. The van der Waals surface area contributed by atoms with E-state index in [1.165, 1.54) is 0 Å². The third kappa shape index (κ3) is 3.13. The largest absolute Gasteiger partial charge is 0.478 e. The first kappa shape index (κ1) is 14.0. The van der Waals surface area contributed by atoms with E-state index < -0.39 is 0 Å². The van der Waals surface area contributed by atoms with Crippen molar-refractivity contribution in [1.82, 2.24) is 9.97 Å². The summed E-state index contributed by atoms with van der Waals surface area (Å²) < 4.78 is 11.3. The second kappa shape index (κ2) is 6.16. The molecule has 1 aliphatic rings. The molecule has 2 atom stereocenters. The van der Waals surface area contributed by atoms with Crippen molar-refractivity contribution < 1.29 is 9.47 Å². The van der Waals surface area contributed by atoms with E-state index in [9.17, 15) is 0 Å². The van der Waals surface area contributed by atoms with Crippen LogP contribution >= 0.6 is 0 Å². The molecule has 1 aliphatic heterocycles. The average Bonchev–Trinajstić information content (AvgIpc) is 2.40. The molecule has 0 spiro atoms. The van der Waals surface area contributed by atoms with E-state index in [1.807, 2.05) is 13.8 Å². The number of hydrogen-bond acceptors (Lipinski definition) is 6. The first-order valence-electron chi connectivity index (χ1n) is 6.70. The lowest BCUT2D eigenvalue weighted by Crippen LogP contribution is -2.49. The van der Waals surface area contributed by atoms with Crippen LogP contribution in [0.5, 0.6) is 5.88 Å². The molecule has 1 fully saturated rings. The van der Waals surface area contributed by atoms with Gasteiger partial charge in [-0.3, -0.25) is 0 Å². The van der Waals surface area contributed by atoms with Crippen molar-refractivity contribution in [3.8, 4) is 5.88 Å². The Labute approximate surface area is 113 Å². The van der Waals surface area contributed by atoms with Crippen LogP contribution in [0.15, 0.2) is 6.33 Å². The molecule has 2 heterocycles. The quantitative estimate of drug-likeness (QED) is 0.866. The summed E-state index contributed by atoms with van der Waals surface area (Å²) in [6.45, 7) is 8.66. The van der Waals surface area contributed by atoms with Gasteiger partial charge in [-0.25, -0.2) is 9.97 Å². The van der Waals surface area contributed by atoms with Gasteiger partial charge < -0.3 is 20.1 Å². The minimum atomic E-state index is 0.0497. The van der Waals surface area contributed by atoms with Gasteiger partial charge in [-0.1, -0.05) is 0 Å². The normalized spacial score (nSPS) is 23.5. The molecule has 6 heteroatoms. The molecular weight excluding hydrogens is 244 g/mol. The van der Waals surface area contributed by atoms with Crippen molar-refractivity contribution in [3.63, 3.8) is 0 Å². The van der Waals surface area contributed by atoms with Gasteiger partial charge in [0.05, 0.1) is 24.4 Å². The van der Waals surface area contributed by atoms with Crippen molar-refractivity contribution in [2.45, 2.75) is 33.0 Å². The van der Waals surface area contributed by atoms with Crippen molar-refractivity contribution >= 4 is 5.82 Å². The van der Waals surface area contributed by atoms with Crippen molar-refractivity contribution in [1.29, 1.82) is 0 Å². The highest BCUT2D eigenvalue weighted by Gasteiger charge is 2.26. The van der Waals surface area contributed by atoms with Crippen LogP contribution in [0.2, 0.25) is 0 Å². The number of nitrogens with zero attached hydrogens (tertiary/aromatic N) is 3. The van der Waals surface area contributed by atoms with Gasteiger partial charge in [-0.15, -0.1) is 0 Å².